The van der Waals surface area contributed by atoms with Gasteiger partial charge in [0, 0.05) is 23.6 Å². The lowest BCUT2D eigenvalue weighted by Gasteiger charge is -2.25. The average Bonchev–Trinajstić information content (AvgIpc) is 3.14. The van der Waals surface area contributed by atoms with E-state index in [0.717, 1.165) is 11.3 Å². The first-order chi connectivity index (χ1) is 16.9. The van der Waals surface area contributed by atoms with Crippen molar-refractivity contribution in [3.63, 3.8) is 0 Å². The van der Waals surface area contributed by atoms with Crippen molar-refractivity contribution in [3.8, 4) is 11.5 Å². The zero-order valence-electron chi connectivity index (χ0n) is 20.2. The Balaban J connectivity index is 1.90. The molecule has 0 saturated carbocycles. The highest BCUT2D eigenvalue weighted by atomic mass is 16.5. The highest BCUT2D eigenvalue weighted by Crippen LogP contribution is 2.43. The molecule has 1 aliphatic heterocycles. The number of aliphatic hydroxyl groups excluding tert-OH is 1. The van der Waals surface area contributed by atoms with E-state index >= 15 is 0 Å². The summed E-state index contributed by atoms with van der Waals surface area (Å²) in [4.78, 5) is 32.1. The second-order valence-corrected chi connectivity index (χ2v) is 8.49. The zero-order chi connectivity index (χ0) is 25.1. The summed E-state index contributed by atoms with van der Waals surface area (Å²) in [6.45, 7) is 6.48. The Bertz CT molecular complexity index is 1270. The van der Waals surface area contributed by atoms with Crippen molar-refractivity contribution in [2.75, 3.05) is 18.6 Å². The number of nitrogens with zero attached hydrogens (tertiary/aromatic N) is 2. The molecule has 2 heterocycles. The third-order valence-corrected chi connectivity index (χ3v) is 6.02. The van der Waals surface area contributed by atoms with Crippen molar-refractivity contribution in [1.82, 2.24) is 4.98 Å². The summed E-state index contributed by atoms with van der Waals surface area (Å²) in [5.74, 6) is -0.216. The first kappa shape index (κ1) is 24.0. The van der Waals surface area contributed by atoms with E-state index in [4.69, 9.17) is 9.47 Å². The van der Waals surface area contributed by atoms with Crippen LogP contribution in [-0.4, -0.2) is 35.5 Å². The van der Waals surface area contributed by atoms with Crippen molar-refractivity contribution < 1.29 is 24.2 Å². The van der Waals surface area contributed by atoms with Gasteiger partial charge in [0.05, 0.1) is 25.3 Å². The molecule has 4 rings (SSSR count). The maximum atomic E-state index is 13.3. The number of hydrogen-bond acceptors (Lipinski definition) is 6. The first-order valence-corrected chi connectivity index (χ1v) is 11.5. The van der Waals surface area contributed by atoms with Crippen LogP contribution < -0.4 is 14.4 Å². The molecule has 1 N–H and O–H groups in total. The van der Waals surface area contributed by atoms with Crippen molar-refractivity contribution >= 4 is 23.1 Å². The molecule has 7 heteroatoms. The molecule has 1 unspecified atom stereocenters. The van der Waals surface area contributed by atoms with E-state index in [1.54, 1.807) is 68.0 Å². The number of pyridine rings is 1. The Kier molecular flexibility index (Phi) is 6.87. The van der Waals surface area contributed by atoms with Crippen LogP contribution in [0.4, 0.5) is 5.69 Å². The molecule has 0 aliphatic carbocycles. The van der Waals surface area contributed by atoms with Gasteiger partial charge in [0.25, 0.3) is 11.7 Å². The minimum atomic E-state index is -0.819. The number of carbonyl (C=O) groups is 2. The Morgan fingerprint density at radius 2 is 1.74 bits per heavy atom. The van der Waals surface area contributed by atoms with Gasteiger partial charge in [-0.3, -0.25) is 19.5 Å². The SMILES string of the molecule is CCOc1ccc(/C(O)=C2/C(=O)C(=O)N(c3ccc(OC)cc3)C2c2ccncc2)cc1C(C)C. The number of ether oxygens (including phenoxy) is 2. The summed E-state index contributed by atoms with van der Waals surface area (Å²) < 4.78 is 11.0. The number of benzene rings is 2. The summed E-state index contributed by atoms with van der Waals surface area (Å²) >= 11 is 0. The second kappa shape index (κ2) is 10.0. The quantitative estimate of drug-likeness (QED) is 0.287. The van der Waals surface area contributed by atoms with Crippen molar-refractivity contribution in [2.45, 2.75) is 32.7 Å². The van der Waals surface area contributed by atoms with Crippen molar-refractivity contribution in [3.05, 3.63) is 89.3 Å². The van der Waals surface area contributed by atoms with Crippen LogP contribution in [0.2, 0.25) is 0 Å². The molecule has 1 atom stereocenters. The topological polar surface area (TPSA) is 89.0 Å². The van der Waals surface area contributed by atoms with Crippen LogP contribution in [0.25, 0.3) is 5.76 Å². The van der Waals surface area contributed by atoms with Crippen LogP contribution in [0, 0.1) is 0 Å². The van der Waals surface area contributed by atoms with Crippen molar-refractivity contribution in [1.29, 1.82) is 0 Å². The summed E-state index contributed by atoms with van der Waals surface area (Å²) in [5, 5.41) is 11.4. The van der Waals surface area contributed by atoms with Crippen LogP contribution in [0.15, 0.2) is 72.6 Å². The van der Waals surface area contributed by atoms with Crippen LogP contribution in [0.5, 0.6) is 11.5 Å². The van der Waals surface area contributed by atoms with E-state index in [9.17, 15) is 14.7 Å². The van der Waals surface area contributed by atoms with Gasteiger partial charge in [0.1, 0.15) is 17.3 Å². The number of ketones is 1. The highest BCUT2D eigenvalue weighted by Gasteiger charge is 2.47. The van der Waals surface area contributed by atoms with E-state index in [0.29, 0.717) is 29.2 Å². The third-order valence-electron chi connectivity index (χ3n) is 6.02. The fourth-order valence-corrected chi connectivity index (χ4v) is 4.29. The summed E-state index contributed by atoms with van der Waals surface area (Å²) in [6.07, 6.45) is 3.19. The number of aromatic nitrogens is 1. The van der Waals surface area contributed by atoms with E-state index in [1.165, 1.54) is 4.90 Å². The molecule has 7 nitrogen and oxygen atoms in total. The van der Waals surface area contributed by atoms with Crippen LogP contribution >= 0.6 is 0 Å². The lowest BCUT2D eigenvalue weighted by Crippen LogP contribution is -2.29. The molecule has 2 aromatic carbocycles. The van der Waals surface area contributed by atoms with Gasteiger partial charge in [-0.15, -0.1) is 0 Å². The van der Waals surface area contributed by atoms with Crippen LogP contribution in [0.1, 0.15) is 49.4 Å². The lowest BCUT2D eigenvalue weighted by atomic mass is 9.93. The van der Waals surface area contributed by atoms with Gasteiger partial charge in [0.2, 0.25) is 0 Å². The van der Waals surface area contributed by atoms with E-state index < -0.39 is 17.7 Å². The van der Waals surface area contributed by atoms with E-state index in [-0.39, 0.29) is 17.3 Å². The van der Waals surface area contributed by atoms with Gasteiger partial charge < -0.3 is 14.6 Å². The fourth-order valence-electron chi connectivity index (χ4n) is 4.29. The van der Waals surface area contributed by atoms with Gasteiger partial charge in [-0.05, 0) is 78.6 Å². The molecule has 180 valence electrons. The van der Waals surface area contributed by atoms with Gasteiger partial charge in [-0.2, -0.15) is 0 Å². The molecule has 0 bridgehead atoms. The standard InChI is InChI=1S/C28H28N2O5/c1-5-35-23-11-6-19(16-22(23)17(2)3)26(31)24-25(18-12-14-29-15-13-18)30(28(33)27(24)32)20-7-9-21(34-4)10-8-20/h6-17,25,31H,5H2,1-4H3/b26-24-. The predicted octanol–water partition coefficient (Wildman–Crippen LogP) is 5.24. The van der Waals surface area contributed by atoms with Crippen molar-refractivity contribution in [2.24, 2.45) is 0 Å². The normalized spacial score (nSPS) is 17.2. The Hall–Kier alpha value is -4.13. The van der Waals surface area contributed by atoms with Crippen LogP contribution in [0.3, 0.4) is 0 Å². The summed E-state index contributed by atoms with van der Waals surface area (Å²) in [5.41, 5.74) is 2.55. The minimum absolute atomic E-state index is 0.0240. The monoisotopic (exact) mass is 472 g/mol. The molecule has 1 aromatic heterocycles. The van der Waals surface area contributed by atoms with Gasteiger partial charge >= 0.3 is 0 Å². The molecule has 1 aliphatic rings. The van der Waals surface area contributed by atoms with E-state index in [1.807, 2.05) is 26.8 Å². The van der Waals surface area contributed by atoms with Gasteiger partial charge in [-0.1, -0.05) is 13.8 Å². The molecule has 0 spiro atoms. The Labute approximate surface area is 204 Å². The number of hydrogen-bond donors (Lipinski definition) is 1. The van der Waals surface area contributed by atoms with Gasteiger partial charge in [0.15, 0.2) is 0 Å². The average molecular weight is 473 g/mol. The number of Topliss-reactive ketones (excluding diaryl/α,β-unsaturated/α-hetero) is 1. The molecule has 35 heavy (non-hydrogen) atoms. The maximum absolute atomic E-state index is 13.3. The number of rotatable bonds is 7. The molecular formula is C28H28N2O5. The maximum Gasteiger partial charge on any atom is 0.300 e. The molecular weight excluding hydrogens is 444 g/mol. The highest BCUT2D eigenvalue weighted by molar-refractivity contribution is 6.51. The van der Waals surface area contributed by atoms with Crippen LogP contribution in [-0.2, 0) is 9.59 Å². The third kappa shape index (κ3) is 4.49. The number of methoxy groups -OCH3 is 1. The summed E-state index contributed by atoms with van der Waals surface area (Å²) in [7, 11) is 1.56. The van der Waals surface area contributed by atoms with E-state index in [2.05, 4.69) is 4.98 Å². The molecule has 1 fully saturated rings. The fraction of sp³-hybridized carbons (Fsp3) is 0.250. The molecule has 0 radical (unpaired) electrons. The Morgan fingerprint density at radius 1 is 1.06 bits per heavy atom. The summed E-state index contributed by atoms with van der Waals surface area (Å²) in [6, 6.07) is 14.8. The largest absolute Gasteiger partial charge is 0.507 e. The number of amides is 1. The molecule has 1 amide bonds. The number of aliphatic hydroxyl groups is 1. The van der Waals surface area contributed by atoms with Gasteiger partial charge in [-0.25, -0.2) is 0 Å². The molecule has 1 saturated heterocycles. The number of carbonyl (C=O) groups excluding carboxylic acids is 2. The second-order valence-electron chi connectivity index (χ2n) is 8.49. The molecule has 3 aromatic rings. The zero-order valence-corrected chi connectivity index (χ0v) is 20.2. The minimum Gasteiger partial charge on any atom is -0.507 e. The predicted molar refractivity (Wildman–Crippen MR) is 134 cm³/mol. The first-order valence-electron chi connectivity index (χ1n) is 11.5. The lowest BCUT2D eigenvalue weighted by molar-refractivity contribution is -0.132. The number of anilines is 1. The smallest absolute Gasteiger partial charge is 0.300 e. The Morgan fingerprint density at radius 3 is 2.34 bits per heavy atom.